The molecule has 12 heteroatoms. The predicted molar refractivity (Wildman–Crippen MR) is 232 cm³/mol. The number of nitrogens with zero attached hydrogens (tertiary/aromatic N) is 5. The highest BCUT2D eigenvalue weighted by atomic mass is 16.6. The molecule has 3 aromatic carbocycles. The average Bonchev–Trinajstić information content (AvgIpc) is 3.21. The summed E-state index contributed by atoms with van der Waals surface area (Å²) in [5.41, 5.74) is 1.49. The third-order valence-electron chi connectivity index (χ3n) is 9.81. The maximum Gasteiger partial charge on any atom is 0.410 e. The molecular weight excluding hydrogens is 745 g/mol. The van der Waals surface area contributed by atoms with Gasteiger partial charge in [0.1, 0.15) is 22.7 Å². The smallest absolute Gasteiger partial charge is 0.410 e. The molecule has 0 aliphatic carbocycles. The molecule has 2 fully saturated rings. The second kappa shape index (κ2) is 23.3. The minimum Gasteiger partial charge on any atom is -0.494 e. The molecule has 318 valence electrons. The maximum absolute atomic E-state index is 13.0. The van der Waals surface area contributed by atoms with Crippen molar-refractivity contribution in [1.29, 1.82) is 0 Å². The standard InChI is InChI=1S/C27H35N3O3.C20H29N3O3/c1-27(2,3)33-26(31)30(17-8-20-32-25-13-11-23(28-4)12-14-25)24-15-18-29(19-16-24)21-22-9-6-5-7-10-22;1-20(2,3)26-19(24)23(17-10-12-22-13-11-17)14-5-15-25-18-8-6-16(21-4)7-9-18/h5-7,9-14,24H,8,15-21H2,1-3H3;6-9,17,22H,5,10-15H2,1-3H3. The van der Waals surface area contributed by atoms with Crippen LogP contribution in [-0.2, 0) is 16.0 Å². The largest absolute Gasteiger partial charge is 0.494 e. The van der Waals surface area contributed by atoms with Gasteiger partial charge < -0.3 is 34.1 Å². The second-order valence-electron chi connectivity index (χ2n) is 16.9. The van der Waals surface area contributed by atoms with Crippen LogP contribution in [0.3, 0.4) is 0 Å². The second-order valence-corrected chi connectivity index (χ2v) is 16.9. The minimum atomic E-state index is -0.523. The molecule has 2 aliphatic heterocycles. The van der Waals surface area contributed by atoms with Crippen LogP contribution in [0.5, 0.6) is 11.5 Å². The number of carbonyl (C=O) groups is 2. The van der Waals surface area contributed by atoms with Crippen molar-refractivity contribution in [2.75, 3.05) is 52.5 Å². The molecule has 2 amide bonds. The molecular formula is C47H64N6O6. The van der Waals surface area contributed by atoms with Gasteiger partial charge in [-0.2, -0.15) is 0 Å². The van der Waals surface area contributed by atoms with Crippen LogP contribution >= 0.6 is 0 Å². The lowest BCUT2D eigenvalue weighted by Gasteiger charge is -2.39. The first-order valence-corrected chi connectivity index (χ1v) is 20.9. The topological polar surface area (TPSA) is 102 Å². The van der Waals surface area contributed by atoms with Crippen molar-refractivity contribution in [2.45, 2.75) is 110 Å². The number of hydrogen-bond donors (Lipinski definition) is 1. The van der Waals surface area contributed by atoms with Gasteiger partial charge in [-0.1, -0.05) is 54.6 Å². The van der Waals surface area contributed by atoms with E-state index in [9.17, 15) is 9.59 Å². The summed E-state index contributed by atoms with van der Waals surface area (Å²) in [5.74, 6) is 1.48. The first kappa shape index (κ1) is 46.4. The highest BCUT2D eigenvalue weighted by molar-refractivity contribution is 5.69. The van der Waals surface area contributed by atoms with Crippen molar-refractivity contribution in [3.63, 3.8) is 0 Å². The summed E-state index contributed by atoms with van der Waals surface area (Å²) in [6.07, 6.45) is 4.71. The van der Waals surface area contributed by atoms with Crippen molar-refractivity contribution < 1.29 is 28.5 Å². The van der Waals surface area contributed by atoms with E-state index in [0.717, 1.165) is 76.3 Å². The molecule has 0 aromatic heterocycles. The Bertz CT molecular complexity index is 1780. The Hall–Kier alpha value is -5.30. The van der Waals surface area contributed by atoms with E-state index in [1.807, 2.05) is 69.5 Å². The van der Waals surface area contributed by atoms with E-state index in [2.05, 4.69) is 44.2 Å². The first-order chi connectivity index (χ1) is 28.2. The van der Waals surface area contributed by atoms with Gasteiger partial charge in [0.25, 0.3) is 0 Å². The fraction of sp³-hybridized carbons (Fsp3) is 0.532. The van der Waals surface area contributed by atoms with Crippen LogP contribution in [0.15, 0.2) is 78.9 Å². The number of amides is 2. The Kier molecular flexibility index (Phi) is 18.3. The van der Waals surface area contributed by atoms with Gasteiger partial charge in [0.15, 0.2) is 11.4 Å². The summed E-state index contributed by atoms with van der Waals surface area (Å²) in [6, 6.07) is 25.1. The molecule has 2 saturated heterocycles. The number of carbonyl (C=O) groups excluding carboxylic acids is 2. The van der Waals surface area contributed by atoms with Crippen molar-refractivity contribution in [2.24, 2.45) is 0 Å². The molecule has 0 spiro atoms. The summed E-state index contributed by atoms with van der Waals surface area (Å²) in [5, 5.41) is 3.33. The molecule has 1 N–H and O–H groups in total. The van der Waals surface area contributed by atoms with Gasteiger partial charge in [-0.15, -0.1) is 0 Å². The predicted octanol–water partition coefficient (Wildman–Crippen LogP) is 9.90. The van der Waals surface area contributed by atoms with Crippen molar-refractivity contribution in [3.05, 3.63) is 107 Å². The Morgan fingerprint density at radius 1 is 0.661 bits per heavy atom. The van der Waals surface area contributed by atoms with Gasteiger partial charge in [0, 0.05) is 44.8 Å². The number of benzene rings is 3. The Labute approximate surface area is 352 Å². The number of likely N-dealkylation sites (tertiary alicyclic amines) is 1. The van der Waals surface area contributed by atoms with Crippen molar-refractivity contribution in [3.8, 4) is 11.5 Å². The maximum atomic E-state index is 13.0. The molecule has 12 nitrogen and oxygen atoms in total. The van der Waals surface area contributed by atoms with Gasteiger partial charge in [-0.05, 0) is 123 Å². The van der Waals surface area contributed by atoms with Crippen LogP contribution in [-0.4, -0.2) is 103 Å². The van der Waals surface area contributed by atoms with Crippen molar-refractivity contribution >= 4 is 23.6 Å². The molecule has 0 atom stereocenters. The monoisotopic (exact) mass is 808 g/mol. The fourth-order valence-electron chi connectivity index (χ4n) is 6.92. The van der Waals surface area contributed by atoms with E-state index in [-0.39, 0.29) is 24.3 Å². The van der Waals surface area contributed by atoms with Crippen LogP contribution in [0.4, 0.5) is 21.0 Å². The van der Waals surface area contributed by atoms with Gasteiger partial charge >= 0.3 is 12.2 Å². The van der Waals surface area contributed by atoms with E-state index < -0.39 is 11.2 Å². The molecule has 3 aromatic rings. The molecule has 5 rings (SSSR count). The number of nitrogens with one attached hydrogen (secondary N) is 1. The molecule has 0 saturated carbocycles. The van der Waals surface area contributed by atoms with Crippen LogP contribution in [0.25, 0.3) is 9.69 Å². The fourth-order valence-corrected chi connectivity index (χ4v) is 6.92. The molecule has 59 heavy (non-hydrogen) atoms. The summed E-state index contributed by atoms with van der Waals surface area (Å²) < 4.78 is 22.9. The summed E-state index contributed by atoms with van der Waals surface area (Å²) >= 11 is 0. The Balaban J connectivity index is 0.000000268. The van der Waals surface area contributed by atoms with E-state index in [1.54, 1.807) is 36.4 Å². The zero-order chi connectivity index (χ0) is 42.7. The highest BCUT2D eigenvalue weighted by Gasteiger charge is 2.31. The van der Waals surface area contributed by atoms with E-state index in [4.69, 9.17) is 32.1 Å². The van der Waals surface area contributed by atoms with Gasteiger partial charge in [-0.3, -0.25) is 4.90 Å². The quantitative estimate of drug-likeness (QED) is 0.127. The summed E-state index contributed by atoms with van der Waals surface area (Å²) in [4.78, 5) is 38.6. The first-order valence-electron chi connectivity index (χ1n) is 20.9. The highest BCUT2D eigenvalue weighted by Crippen LogP contribution is 2.24. The minimum absolute atomic E-state index is 0.171. The number of piperidine rings is 2. The zero-order valence-electron chi connectivity index (χ0n) is 36.0. The van der Waals surface area contributed by atoms with Crippen LogP contribution in [0.2, 0.25) is 0 Å². The third kappa shape index (κ3) is 17.2. The molecule has 0 radical (unpaired) electrons. The van der Waals surface area contributed by atoms with E-state index in [0.29, 0.717) is 44.1 Å². The SMILES string of the molecule is [C-]#[N+]c1ccc(OCCCN(C(=O)OC(C)(C)C)C2CCN(Cc3ccccc3)CC2)cc1.[C-]#[N+]c1ccc(OCCCN(C(=O)OC(C)(C)C)C2CCNCC2)cc1. The van der Waals surface area contributed by atoms with Gasteiger partial charge in [-0.25, -0.2) is 19.3 Å². The molecule has 2 heterocycles. The van der Waals surface area contributed by atoms with Gasteiger partial charge in [0.05, 0.1) is 26.4 Å². The van der Waals surface area contributed by atoms with Crippen LogP contribution in [0, 0.1) is 13.1 Å². The molecule has 0 unspecified atom stereocenters. The molecule has 0 bridgehead atoms. The van der Waals surface area contributed by atoms with Gasteiger partial charge in [0.2, 0.25) is 0 Å². The lowest BCUT2D eigenvalue weighted by Crippen LogP contribution is -2.49. The normalized spacial score (nSPS) is 15.1. The third-order valence-corrected chi connectivity index (χ3v) is 9.81. The number of rotatable bonds is 14. The lowest BCUT2D eigenvalue weighted by molar-refractivity contribution is 0.00652. The Morgan fingerprint density at radius 3 is 1.49 bits per heavy atom. The summed E-state index contributed by atoms with van der Waals surface area (Å²) in [7, 11) is 0. The summed E-state index contributed by atoms with van der Waals surface area (Å²) in [6.45, 7) is 32.3. The van der Waals surface area contributed by atoms with Crippen LogP contribution in [0.1, 0.15) is 85.6 Å². The average molecular weight is 809 g/mol. The van der Waals surface area contributed by atoms with E-state index in [1.165, 1.54) is 5.56 Å². The Morgan fingerprint density at radius 2 is 1.08 bits per heavy atom. The lowest BCUT2D eigenvalue weighted by atomic mass is 10.0. The number of ether oxygens (including phenoxy) is 4. The molecule has 2 aliphatic rings. The van der Waals surface area contributed by atoms with Crippen LogP contribution < -0.4 is 14.8 Å². The van der Waals surface area contributed by atoms with E-state index >= 15 is 0 Å². The zero-order valence-corrected chi connectivity index (χ0v) is 36.0. The number of hydrogen-bond acceptors (Lipinski definition) is 8. The van der Waals surface area contributed by atoms with Crippen molar-refractivity contribution in [1.82, 2.24) is 20.0 Å².